The van der Waals surface area contributed by atoms with Gasteiger partial charge in [-0.2, -0.15) is 17.5 Å². The van der Waals surface area contributed by atoms with Gasteiger partial charge in [0, 0.05) is 17.6 Å². The van der Waals surface area contributed by atoms with E-state index in [1.165, 1.54) is 12.3 Å². The number of nitrogen functional groups attached to an aromatic ring is 1. The fourth-order valence-electron chi connectivity index (χ4n) is 1.16. The van der Waals surface area contributed by atoms with E-state index in [2.05, 4.69) is 0 Å². The minimum atomic E-state index is -4.56. The van der Waals surface area contributed by atoms with Crippen LogP contribution >= 0.6 is 11.3 Å². The molecule has 0 unspecified atom stereocenters. The minimum absolute atomic E-state index is 0.180. The molecule has 1 rings (SSSR count). The second-order valence-electron chi connectivity index (χ2n) is 3.25. The van der Waals surface area contributed by atoms with Gasteiger partial charge in [-0.05, 0) is 6.07 Å². The normalized spacial score (nSPS) is 13.2. The molecular formula is C8H11F3N2O2S2. The fourth-order valence-corrected chi connectivity index (χ4v) is 3.83. The van der Waals surface area contributed by atoms with E-state index in [4.69, 9.17) is 5.73 Å². The van der Waals surface area contributed by atoms with Crippen molar-refractivity contribution in [2.24, 2.45) is 0 Å². The molecule has 98 valence electrons. The molecule has 0 aliphatic heterocycles. The molecule has 1 heterocycles. The smallest absolute Gasteiger partial charge is 0.398 e. The molecule has 0 atom stereocenters. The Kier molecular flexibility index (Phi) is 4.05. The van der Waals surface area contributed by atoms with Crippen molar-refractivity contribution in [3.8, 4) is 0 Å². The second kappa shape index (κ2) is 4.83. The molecule has 0 bridgehead atoms. The molecular weight excluding hydrogens is 277 g/mol. The minimum Gasteiger partial charge on any atom is -0.398 e. The maximum absolute atomic E-state index is 12.2. The van der Waals surface area contributed by atoms with Gasteiger partial charge in [-0.3, -0.25) is 0 Å². The van der Waals surface area contributed by atoms with E-state index in [1.807, 2.05) is 0 Å². The predicted octanol–water partition coefficient (Wildman–Crippen LogP) is 1.90. The van der Waals surface area contributed by atoms with Crippen LogP contribution in [-0.2, 0) is 10.0 Å². The van der Waals surface area contributed by atoms with Crippen LogP contribution < -0.4 is 5.73 Å². The summed E-state index contributed by atoms with van der Waals surface area (Å²) in [6.07, 6.45) is -4.56. The molecule has 17 heavy (non-hydrogen) atoms. The van der Waals surface area contributed by atoms with Crippen LogP contribution in [0.15, 0.2) is 15.7 Å². The topological polar surface area (TPSA) is 63.4 Å². The molecule has 9 heteroatoms. The Morgan fingerprint density at radius 1 is 1.47 bits per heavy atom. The molecule has 0 saturated carbocycles. The highest BCUT2D eigenvalue weighted by molar-refractivity contribution is 7.91. The number of alkyl halides is 3. The van der Waals surface area contributed by atoms with E-state index in [0.29, 0.717) is 4.31 Å². The van der Waals surface area contributed by atoms with E-state index in [-0.39, 0.29) is 16.4 Å². The summed E-state index contributed by atoms with van der Waals surface area (Å²) >= 11 is 0.804. The Hall–Kier alpha value is -0.800. The van der Waals surface area contributed by atoms with E-state index in [1.54, 1.807) is 0 Å². The molecule has 0 spiro atoms. The summed E-state index contributed by atoms with van der Waals surface area (Å²) in [5.41, 5.74) is 5.57. The van der Waals surface area contributed by atoms with Crippen LogP contribution in [0.1, 0.15) is 6.92 Å². The van der Waals surface area contributed by atoms with E-state index in [9.17, 15) is 21.6 Å². The Bertz CT molecular complexity index is 481. The first-order valence-electron chi connectivity index (χ1n) is 4.57. The Morgan fingerprint density at radius 2 is 2.06 bits per heavy atom. The number of nitrogens with zero attached hydrogens (tertiary/aromatic N) is 1. The summed E-state index contributed by atoms with van der Waals surface area (Å²) in [7, 11) is -4.11. The zero-order chi connectivity index (χ0) is 13.3. The summed E-state index contributed by atoms with van der Waals surface area (Å²) in [4.78, 5) is 0. The maximum atomic E-state index is 12.2. The first kappa shape index (κ1) is 14.3. The lowest BCUT2D eigenvalue weighted by Crippen LogP contribution is -2.38. The number of rotatable bonds is 4. The van der Waals surface area contributed by atoms with Gasteiger partial charge in [-0.15, -0.1) is 11.3 Å². The summed E-state index contributed by atoms with van der Waals surface area (Å²) in [5, 5.41) is 1.37. The number of thiophene rings is 1. The molecule has 0 aliphatic carbocycles. The maximum Gasteiger partial charge on any atom is 0.402 e. The number of sulfonamides is 1. The molecule has 0 aliphatic rings. The van der Waals surface area contributed by atoms with Crippen molar-refractivity contribution in [3.63, 3.8) is 0 Å². The van der Waals surface area contributed by atoms with Crippen molar-refractivity contribution in [3.05, 3.63) is 11.4 Å². The van der Waals surface area contributed by atoms with Crippen molar-refractivity contribution >= 4 is 27.0 Å². The predicted molar refractivity (Wildman–Crippen MR) is 59.2 cm³/mol. The van der Waals surface area contributed by atoms with Crippen molar-refractivity contribution in [2.75, 3.05) is 18.8 Å². The summed E-state index contributed by atoms with van der Waals surface area (Å²) in [6, 6.07) is 1.15. The average molecular weight is 288 g/mol. The quantitative estimate of drug-likeness (QED) is 0.920. The van der Waals surface area contributed by atoms with Crippen molar-refractivity contribution < 1.29 is 21.6 Å². The zero-order valence-electron chi connectivity index (χ0n) is 8.86. The third kappa shape index (κ3) is 3.58. The SMILES string of the molecule is CCN(CC(F)(F)F)S(=O)(=O)c1cc(N)cs1. The molecule has 2 N–H and O–H groups in total. The zero-order valence-corrected chi connectivity index (χ0v) is 10.5. The molecule has 0 fully saturated rings. The van der Waals surface area contributed by atoms with Gasteiger partial charge < -0.3 is 5.73 Å². The van der Waals surface area contributed by atoms with Gasteiger partial charge in [0.2, 0.25) is 0 Å². The van der Waals surface area contributed by atoms with Gasteiger partial charge in [-0.25, -0.2) is 8.42 Å². The van der Waals surface area contributed by atoms with Gasteiger partial charge in [0.25, 0.3) is 10.0 Å². The van der Waals surface area contributed by atoms with Crippen LogP contribution in [0.3, 0.4) is 0 Å². The molecule has 0 amide bonds. The van der Waals surface area contributed by atoms with E-state index >= 15 is 0 Å². The van der Waals surface area contributed by atoms with Crippen LogP contribution in [0.25, 0.3) is 0 Å². The van der Waals surface area contributed by atoms with Gasteiger partial charge >= 0.3 is 6.18 Å². The fraction of sp³-hybridized carbons (Fsp3) is 0.500. The first-order chi connectivity index (χ1) is 7.66. The Morgan fingerprint density at radius 3 is 2.41 bits per heavy atom. The van der Waals surface area contributed by atoms with Gasteiger partial charge in [-0.1, -0.05) is 6.92 Å². The summed E-state index contributed by atoms with van der Waals surface area (Å²) < 4.78 is 60.5. The van der Waals surface area contributed by atoms with Gasteiger partial charge in [0.05, 0.1) is 0 Å². The van der Waals surface area contributed by atoms with Crippen LogP contribution in [0.2, 0.25) is 0 Å². The van der Waals surface area contributed by atoms with E-state index in [0.717, 1.165) is 17.4 Å². The molecule has 0 aromatic carbocycles. The average Bonchev–Trinajstić information content (AvgIpc) is 2.60. The number of hydrogen-bond acceptors (Lipinski definition) is 4. The third-order valence-corrected chi connectivity index (χ3v) is 5.25. The lowest BCUT2D eigenvalue weighted by atomic mass is 10.6. The van der Waals surface area contributed by atoms with Crippen molar-refractivity contribution in [1.82, 2.24) is 4.31 Å². The monoisotopic (exact) mass is 288 g/mol. The van der Waals surface area contributed by atoms with Crippen LogP contribution in [0.5, 0.6) is 0 Å². The summed E-state index contributed by atoms with van der Waals surface area (Å²) in [6.45, 7) is -0.399. The molecule has 0 radical (unpaired) electrons. The standard InChI is InChI=1S/C8H11F3N2O2S2/c1-2-13(5-8(9,10)11)17(14,15)7-3-6(12)4-16-7/h3-4H,2,5,12H2,1H3. The molecule has 1 aromatic rings. The highest BCUT2D eigenvalue weighted by Crippen LogP contribution is 2.27. The second-order valence-corrected chi connectivity index (χ2v) is 6.32. The lowest BCUT2D eigenvalue weighted by Gasteiger charge is -2.20. The lowest BCUT2D eigenvalue weighted by molar-refractivity contribution is -0.135. The third-order valence-electron chi connectivity index (χ3n) is 1.90. The van der Waals surface area contributed by atoms with Crippen LogP contribution in [-0.4, -0.2) is 32.0 Å². The van der Waals surface area contributed by atoms with Crippen LogP contribution in [0.4, 0.5) is 18.9 Å². The highest BCUT2D eigenvalue weighted by atomic mass is 32.2. The van der Waals surface area contributed by atoms with Crippen LogP contribution in [0, 0.1) is 0 Å². The summed E-state index contributed by atoms with van der Waals surface area (Å²) in [5.74, 6) is 0. The van der Waals surface area contributed by atoms with Crippen molar-refractivity contribution in [1.29, 1.82) is 0 Å². The highest BCUT2D eigenvalue weighted by Gasteiger charge is 2.36. The first-order valence-corrected chi connectivity index (χ1v) is 6.89. The molecule has 1 aromatic heterocycles. The number of hydrogen-bond donors (Lipinski definition) is 1. The molecule has 0 saturated heterocycles. The molecule has 4 nitrogen and oxygen atoms in total. The number of nitrogens with two attached hydrogens (primary N) is 1. The number of anilines is 1. The van der Waals surface area contributed by atoms with Gasteiger partial charge in [0.1, 0.15) is 10.8 Å². The Labute approximate surface area is 101 Å². The Balaban J connectivity index is 3.03. The van der Waals surface area contributed by atoms with E-state index < -0.39 is 22.7 Å². The largest absolute Gasteiger partial charge is 0.402 e. The van der Waals surface area contributed by atoms with Gasteiger partial charge in [0.15, 0.2) is 0 Å². The number of halogens is 3. The van der Waals surface area contributed by atoms with Crippen molar-refractivity contribution in [2.45, 2.75) is 17.3 Å².